The van der Waals surface area contributed by atoms with Gasteiger partial charge in [-0.25, -0.2) is 0 Å². The van der Waals surface area contributed by atoms with E-state index in [2.05, 4.69) is 15.5 Å². The lowest BCUT2D eigenvalue weighted by molar-refractivity contribution is -0.115. The number of hydrogen-bond acceptors (Lipinski definition) is 3. The molecule has 0 bridgehead atoms. The van der Waals surface area contributed by atoms with Gasteiger partial charge in [0.25, 0.3) is 0 Å². The highest BCUT2D eigenvalue weighted by Crippen LogP contribution is 2.16. The molecule has 3 aromatic rings. The Kier molecular flexibility index (Phi) is 3.79. The fourth-order valence-electron chi connectivity index (χ4n) is 2.10. The number of nitrogens with one attached hydrogen (secondary N) is 1. The van der Waals surface area contributed by atoms with E-state index in [1.165, 1.54) is 0 Å². The van der Waals surface area contributed by atoms with E-state index in [0.717, 1.165) is 16.3 Å². The first-order valence-electron chi connectivity index (χ1n) is 6.47. The Labute approximate surface area is 126 Å². The number of hydrogen-bond donors (Lipinski definition) is 1. The fraction of sp³-hybridized carbons (Fsp3) is 0.0625. The lowest BCUT2D eigenvalue weighted by Crippen LogP contribution is -2.15. The van der Waals surface area contributed by atoms with Gasteiger partial charge in [0.1, 0.15) is 0 Å². The van der Waals surface area contributed by atoms with Crippen molar-refractivity contribution in [2.45, 2.75) is 6.42 Å². The van der Waals surface area contributed by atoms with Crippen molar-refractivity contribution >= 4 is 34.1 Å². The first kappa shape index (κ1) is 13.5. The van der Waals surface area contributed by atoms with Crippen LogP contribution in [0.2, 0.25) is 5.15 Å². The maximum atomic E-state index is 12.0. The van der Waals surface area contributed by atoms with Crippen molar-refractivity contribution in [1.82, 2.24) is 10.2 Å². The SMILES string of the molecule is O=C(Cc1ccc2ccccc2c1)Nc1ccc(Cl)nn1. The van der Waals surface area contributed by atoms with Crippen LogP contribution in [0.1, 0.15) is 5.56 Å². The minimum Gasteiger partial charge on any atom is -0.309 e. The molecular weight excluding hydrogens is 286 g/mol. The second-order valence-corrected chi connectivity index (χ2v) is 5.04. The third kappa shape index (κ3) is 3.35. The van der Waals surface area contributed by atoms with E-state index in [4.69, 9.17) is 11.6 Å². The zero-order valence-corrected chi connectivity index (χ0v) is 11.8. The van der Waals surface area contributed by atoms with E-state index in [1.54, 1.807) is 12.1 Å². The molecule has 0 aliphatic rings. The van der Waals surface area contributed by atoms with Crippen LogP contribution < -0.4 is 5.32 Å². The first-order chi connectivity index (χ1) is 10.2. The van der Waals surface area contributed by atoms with Gasteiger partial charge in [0.05, 0.1) is 6.42 Å². The summed E-state index contributed by atoms with van der Waals surface area (Å²) in [5.74, 6) is 0.257. The molecule has 0 saturated heterocycles. The van der Waals surface area contributed by atoms with Crippen LogP contribution in [0.5, 0.6) is 0 Å². The third-order valence-corrected chi connectivity index (χ3v) is 3.28. The molecule has 1 N–H and O–H groups in total. The molecule has 3 rings (SSSR count). The Hall–Kier alpha value is -2.46. The van der Waals surface area contributed by atoms with E-state index >= 15 is 0 Å². The zero-order chi connectivity index (χ0) is 14.7. The lowest BCUT2D eigenvalue weighted by atomic mass is 10.1. The predicted octanol–water partition coefficient (Wildman–Crippen LogP) is 3.46. The summed E-state index contributed by atoms with van der Waals surface area (Å²) in [5, 5.41) is 12.7. The summed E-state index contributed by atoms with van der Waals surface area (Å²) in [6.07, 6.45) is 0.287. The molecule has 0 spiro atoms. The Bertz CT molecular complexity index is 787. The molecule has 0 radical (unpaired) electrons. The highest BCUT2D eigenvalue weighted by Gasteiger charge is 2.06. The minimum absolute atomic E-state index is 0.137. The van der Waals surface area contributed by atoms with Crippen molar-refractivity contribution in [2.24, 2.45) is 0 Å². The molecule has 1 amide bonds. The monoisotopic (exact) mass is 297 g/mol. The van der Waals surface area contributed by atoms with Gasteiger partial charge in [-0.15, -0.1) is 10.2 Å². The van der Waals surface area contributed by atoms with Crippen LogP contribution in [-0.4, -0.2) is 16.1 Å². The van der Waals surface area contributed by atoms with Crippen molar-refractivity contribution < 1.29 is 4.79 Å². The fourth-order valence-corrected chi connectivity index (χ4v) is 2.20. The summed E-state index contributed by atoms with van der Waals surface area (Å²) in [7, 11) is 0. The summed E-state index contributed by atoms with van der Waals surface area (Å²) in [5.41, 5.74) is 0.952. The second kappa shape index (κ2) is 5.89. The highest BCUT2D eigenvalue weighted by molar-refractivity contribution is 6.29. The Morgan fingerprint density at radius 1 is 1.00 bits per heavy atom. The number of amides is 1. The van der Waals surface area contributed by atoms with Gasteiger partial charge in [-0.1, -0.05) is 54.1 Å². The average molecular weight is 298 g/mol. The van der Waals surface area contributed by atoms with Crippen LogP contribution in [0, 0.1) is 0 Å². The smallest absolute Gasteiger partial charge is 0.229 e. The second-order valence-electron chi connectivity index (χ2n) is 4.65. The van der Waals surface area contributed by atoms with Crippen LogP contribution >= 0.6 is 11.6 Å². The lowest BCUT2D eigenvalue weighted by Gasteiger charge is -2.05. The van der Waals surface area contributed by atoms with E-state index in [0.29, 0.717) is 11.0 Å². The summed E-state index contributed by atoms with van der Waals surface area (Å²) in [4.78, 5) is 12.0. The number of carbonyl (C=O) groups is 1. The molecule has 21 heavy (non-hydrogen) atoms. The molecule has 0 atom stereocenters. The topological polar surface area (TPSA) is 54.9 Å². The van der Waals surface area contributed by atoms with Gasteiger partial charge in [0.2, 0.25) is 5.91 Å². The minimum atomic E-state index is -0.137. The number of aromatic nitrogens is 2. The zero-order valence-electron chi connectivity index (χ0n) is 11.1. The summed E-state index contributed by atoms with van der Waals surface area (Å²) >= 11 is 5.65. The van der Waals surface area contributed by atoms with Gasteiger partial charge in [-0.05, 0) is 28.5 Å². The number of carbonyl (C=O) groups excluding carboxylic acids is 1. The maximum Gasteiger partial charge on any atom is 0.229 e. The summed E-state index contributed by atoms with van der Waals surface area (Å²) in [6, 6.07) is 17.2. The van der Waals surface area contributed by atoms with E-state index in [9.17, 15) is 4.79 Å². The van der Waals surface area contributed by atoms with Gasteiger partial charge in [0.15, 0.2) is 11.0 Å². The molecule has 0 unspecified atom stereocenters. The Morgan fingerprint density at radius 3 is 2.57 bits per heavy atom. The molecule has 0 saturated carbocycles. The normalized spacial score (nSPS) is 10.5. The van der Waals surface area contributed by atoms with Crippen molar-refractivity contribution in [3.05, 3.63) is 65.3 Å². The highest BCUT2D eigenvalue weighted by atomic mass is 35.5. The number of rotatable bonds is 3. The van der Waals surface area contributed by atoms with Crippen molar-refractivity contribution in [1.29, 1.82) is 0 Å². The van der Waals surface area contributed by atoms with Crippen LogP contribution in [-0.2, 0) is 11.2 Å². The molecule has 104 valence electrons. The number of nitrogens with zero attached hydrogens (tertiary/aromatic N) is 2. The Morgan fingerprint density at radius 2 is 1.81 bits per heavy atom. The molecule has 0 aliphatic carbocycles. The standard InChI is InChI=1S/C16H12ClN3O/c17-14-7-8-15(20-19-14)18-16(21)10-11-5-6-12-3-1-2-4-13(12)9-11/h1-9H,10H2,(H,18,20,21). The number of halogens is 1. The molecule has 4 nitrogen and oxygen atoms in total. The van der Waals surface area contributed by atoms with Gasteiger partial charge in [-0.3, -0.25) is 4.79 Å². The van der Waals surface area contributed by atoms with Gasteiger partial charge in [0, 0.05) is 0 Å². The Balaban J connectivity index is 1.72. The average Bonchev–Trinajstić information content (AvgIpc) is 2.49. The number of benzene rings is 2. The summed E-state index contributed by atoms with van der Waals surface area (Å²) in [6.45, 7) is 0. The van der Waals surface area contributed by atoms with Crippen LogP contribution in [0.15, 0.2) is 54.6 Å². The third-order valence-electron chi connectivity index (χ3n) is 3.08. The molecule has 5 heteroatoms. The molecule has 0 fully saturated rings. The number of fused-ring (bicyclic) bond motifs is 1. The van der Waals surface area contributed by atoms with Crippen LogP contribution in [0.25, 0.3) is 10.8 Å². The van der Waals surface area contributed by atoms with Gasteiger partial charge < -0.3 is 5.32 Å². The van der Waals surface area contributed by atoms with E-state index in [1.807, 2.05) is 42.5 Å². The van der Waals surface area contributed by atoms with Crippen molar-refractivity contribution in [2.75, 3.05) is 5.32 Å². The van der Waals surface area contributed by atoms with Crippen LogP contribution in [0.4, 0.5) is 5.82 Å². The molecule has 2 aromatic carbocycles. The van der Waals surface area contributed by atoms with Crippen LogP contribution in [0.3, 0.4) is 0 Å². The molecule has 0 aliphatic heterocycles. The van der Waals surface area contributed by atoms with Crippen molar-refractivity contribution in [3.63, 3.8) is 0 Å². The van der Waals surface area contributed by atoms with E-state index in [-0.39, 0.29) is 12.3 Å². The van der Waals surface area contributed by atoms with E-state index < -0.39 is 0 Å². The quantitative estimate of drug-likeness (QED) is 0.805. The first-order valence-corrected chi connectivity index (χ1v) is 6.85. The molecule has 1 heterocycles. The molecular formula is C16H12ClN3O. The van der Waals surface area contributed by atoms with Gasteiger partial charge in [-0.2, -0.15) is 0 Å². The maximum absolute atomic E-state index is 12.0. The molecule has 1 aromatic heterocycles. The summed E-state index contributed by atoms with van der Waals surface area (Å²) < 4.78 is 0. The largest absolute Gasteiger partial charge is 0.309 e. The van der Waals surface area contributed by atoms with Gasteiger partial charge >= 0.3 is 0 Å². The predicted molar refractivity (Wildman–Crippen MR) is 83.3 cm³/mol. The van der Waals surface area contributed by atoms with Crippen molar-refractivity contribution in [3.8, 4) is 0 Å². The number of anilines is 1.